The Bertz CT molecular complexity index is 1410. The highest BCUT2D eigenvalue weighted by atomic mass is 79.9. The van der Waals surface area contributed by atoms with Crippen molar-refractivity contribution in [1.82, 2.24) is 9.21 Å². The minimum Gasteiger partial charge on any atom is -0.309 e. The highest BCUT2D eigenvalue weighted by Crippen LogP contribution is 2.39. The maximum Gasteiger partial charge on any atom is 0.244 e. The number of hydrogen-bond acceptors (Lipinski definition) is 4. The predicted octanol–water partition coefficient (Wildman–Crippen LogP) is 5.50. The van der Waals surface area contributed by atoms with Crippen molar-refractivity contribution < 1.29 is 13.2 Å². The second-order valence-corrected chi connectivity index (χ2v) is 12.9. The lowest BCUT2D eigenvalue weighted by Crippen LogP contribution is -2.49. The first-order valence-electron chi connectivity index (χ1n) is 12.3. The standard InChI is InChI=1S/C28H29BrClN3O3S/c1-19-16-23-17-25(29)27(18-26(23)33(19)20(2)34)37(35,36)32-14-12-31(13-15-32)28(21-6-4-3-5-7-21)22-8-10-24(30)11-9-22/h3-11,17-19,28H,12-16H2,1-2H3. The number of halogens is 2. The summed E-state index contributed by atoms with van der Waals surface area (Å²) in [5.74, 6) is -0.0836. The van der Waals surface area contributed by atoms with Gasteiger partial charge in [0.1, 0.15) is 0 Å². The zero-order chi connectivity index (χ0) is 26.3. The first-order chi connectivity index (χ1) is 17.7. The molecule has 194 valence electrons. The van der Waals surface area contributed by atoms with Crippen LogP contribution in [0.15, 0.2) is 76.1 Å². The van der Waals surface area contributed by atoms with E-state index in [4.69, 9.17) is 11.6 Å². The third-order valence-corrected chi connectivity index (χ3v) is 10.4. The molecule has 1 amide bonds. The lowest BCUT2D eigenvalue weighted by molar-refractivity contribution is -0.116. The molecule has 37 heavy (non-hydrogen) atoms. The Morgan fingerprint density at radius 1 is 0.973 bits per heavy atom. The van der Waals surface area contributed by atoms with Gasteiger partial charge in [-0.25, -0.2) is 8.42 Å². The van der Waals surface area contributed by atoms with Crippen LogP contribution in [0.5, 0.6) is 0 Å². The van der Waals surface area contributed by atoms with Gasteiger partial charge in [-0.3, -0.25) is 9.69 Å². The van der Waals surface area contributed by atoms with Gasteiger partial charge >= 0.3 is 0 Å². The molecule has 6 nitrogen and oxygen atoms in total. The van der Waals surface area contributed by atoms with E-state index in [1.165, 1.54) is 6.92 Å². The van der Waals surface area contributed by atoms with E-state index in [0.29, 0.717) is 47.8 Å². The van der Waals surface area contributed by atoms with Crippen molar-refractivity contribution in [3.05, 3.63) is 92.9 Å². The quantitative estimate of drug-likeness (QED) is 0.387. The van der Waals surface area contributed by atoms with Gasteiger partial charge in [0.05, 0.1) is 10.9 Å². The number of carbonyl (C=O) groups excluding carboxylic acids is 1. The molecule has 3 aromatic rings. The normalized spacial score (nSPS) is 19.6. The first-order valence-corrected chi connectivity index (χ1v) is 14.9. The van der Waals surface area contributed by atoms with Crippen molar-refractivity contribution in [2.75, 3.05) is 31.1 Å². The molecule has 2 heterocycles. The third kappa shape index (κ3) is 5.10. The molecule has 1 saturated heterocycles. The molecule has 3 aromatic carbocycles. The van der Waals surface area contributed by atoms with Crippen molar-refractivity contribution in [3.8, 4) is 0 Å². The zero-order valence-corrected chi connectivity index (χ0v) is 23.9. The van der Waals surface area contributed by atoms with Crippen LogP contribution in [0, 0.1) is 0 Å². The van der Waals surface area contributed by atoms with Gasteiger partial charge in [0.25, 0.3) is 0 Å². The van der Waals surface area contributed by atoms with E-state index < -0.39 is 10.0 Å². The molecule has 0 aliphatic carbocycles. The van der Waals surface area contributed by atoms with Crippen LogP contribution in [0.2, 0.25) is 5.02 Å². The fraction of sp³-hybridized carbons (Fsp3) is 0.321. The Balaban J connectivity index is 1.40. The maximum absolute atomic E-state index is 13.8. The van der Waals surface area contributed by atoms with Crippen LogP contribution in [-0.2, 0) is 21.2 Å². The molecule has 0 radical (unpaired) electrons. The average molecular weight is 603 g/mol. The summed E-state index contributed by atoms with van der Waals surface area (Å²) >= 11 is 9.65. The lowest BCUT2D eigenvalue weighted by Gasteiger charge is -2.39. The summed E-state index contributed by atoms with van der Waals surface area (Å²) in [5, 5.41) is 0.684. The second-order valence-electron chi connectivity index (χ2n) is 9.66. The number of nitrogens with zero attached hydrogens (tertiary/aromatic N) is 3. The van der Waals surface area contributed by atoms with Crippen molar-refractivity contribution in [1.29, 1.82) is 0 Å². The van der Waals surface area contributed by atoms with E-state index in [1.807, 2.05) is 55.5 Å². The molecule has 1 fully saturated rings. The van der Waals surface area contributed by atoms with Gasteiger partial charge in [-0.2, -0.15) is 4.31 Å². The molecule has 2 atom stereocenters. The Hall–Kier alpha value is -2.23. The molecule has 0 saturated carbocycles. The first kappa shape index (κ1) is 26.4. The van der Waals surface area contributed by atoms with Gasteiger partial charge < -0.3 is 4.90 Å². The van der Waals surface area contributed by atoms with E-state index in [2.05, 4.69) is 33.0 Å². The van der Waals surface area contributed by atoms with Crippen LogP contribution >= 0.6 is 27.5 Å². The van der Waals surface area contributed by atoms with Gasteiger partial charge in [-0.05, 0) is 70.2 Å². The van der Waals surface area contributed by atoms with Gasteiger partial charge in [-0.15, -0.1) is 0 Å². The van der Waals surface area contributed by atoms with E-state index in [-0.39, 0.29) is 22.9 Å². The van der Waals surface area contributed by atoms with Crippen LogP contribution in [0.3, 0.4) is 0 Å². The maximum atomic E-state index is 13.8. The third-order valence-electron chi connectivity index (χ3n) is 7.25. The molecule has 2 aliphatic heterocycles. The minimum atomic E-state index is -3.76. The summed E-state index contributed by atoms with van der Waals surface area (Å²) < 4.78 is 29.6. The van der Waals surface area contributed by atoms with E-state index in [1.54, 1.807) is 15.3 Å². The fourth-order valence-corrected chi connectivity index (χ4v) is 8.15. The average Bonchev–Trinajstić information content (AvgIpc) is 3.20. The molecule has 5 rings (SSSR count). The molecular weight excluding hydrogens is 574 g/mol. The number of hydrogen-bond donors (Lipinski definition) is 0. The molecule has 9 heteroatoms. The lowest BCUT2D eigenvalue weighted by atomic mass is 9.96. The van der Waals surface area contributed by atoms with Gasteiger partial charge in [0, 0.05) is 54.3 Å². The molecule has 2 unspecified atom stereocenters. The fourth-order valence-electron chi connectivity index (χ4n) is 5.53. The Kier molecular flexibility index (Phi) is 7.49. The van der Waals surface area contributed by atoms with Crippen molar-refractivity contribution >= 4 is 49.1 Å². The Morgan fingerprint density at radius 2 is 1.59 bits per heavy atom. The Labute approximate surface area is 232 Å². The summed E-state index contributed by atoms with van der Waals surface area (Å²) in [7, 11) is -3.76. The number of carbonyl (C=O) groups is 1. The van der Waals surface area contributed by atoms with E-state index in [0.717, 1.165) is 16.7 Å². The second kappa shape index (κ2) is 10.5. The Morgan fingerprint density at radius 3 is 2.22 bits per heavy atom. The van der Waals surface area contributed by atoms with Gasteiger partial charge in [0.2, 0.25) is 15.9 Å². The monoisotopic (exact) mass is 601 g/mol. The predicted molar refractivity (Wildman–Crippen MR) is 151 cm³/mol. The summed E-state index contributed by atoms with van der Waals surface area (Å²) in [5.41, 5.74) is 3.94. The molecule has 0 N–H and O–H groups in total. The molecule has 0 bridgehead atoms. The zero-order valence-electron chi connectivity index (χ0n) is 20.8. The van der Waals surface area contributed by atoms with Crippen LogP contribution in [0.1, 0.15) is 36.6 Å². The van der Waals surface area contributed by atoms with E-state index >= 15 is 0 Å². The van der Waals surface area contributed by atoms with Crippen molar-refractivity contribution in [3.63, 3.8) is 0 Å². The van der Waals surface area contributed by atoms with Crippen molar-refractivity contribution in [2.24, 2.45) is 0 Å². The molecule has 0 spiro atoms. The van der Waals surface area contributed by atoms with Crippen LogP contribution in [-0.4, -0.2) is 55.8 Å². The number of fused-ring (bicyclic) bond motifs is 1. The number of piperazine rings is 1. The van der Waals surface area contributed by atoms with Crippen LogP contribution < -0.4 is 4.90 Å². The van der Waals surface area contributed by atoms with Crippen LogP contribution in [0.4, 0.5) is 5.69 Å². The smallest absolute Gasteiger partial charge is 0.244 e. The summed E-state index contributed by atoms with van der Waals surface area (Å²) in [6.45, 7) is 5.41. The largest absolute Gasteiger partial charge is 0.309 e. The number of rotatable bonds is 5. The molecule has 2 aliphatic rings. The van der Waals surface area contributed by atoms with Crippen LogP contribution in [0.25, 0.3) is 0 Å². The van der Waals surface area contributed by atoms with Gasteiger partial charge in [-0.1, -0.05) is 54.1 Å². The topological polar surface area (TPSA) is 60.9 Å². The number of anilines is 1. The molecule has 0 aromatic heterocycles. The minimum absolute atomic E-state index is 0.000615. The number of benzene rings is 3. The van der Waals surface area contributed by atoms with Crippen molar-refractivity contribution in [2.45, 2.75) is 37.2 Å². The summed E-state index contributed by atoms with van der Waals surface area (Å²) in [4.78, 5) is 16.5. The highest BCUT2D eigenvalue weighted by molar-refractivity contribution is 9.10. The highest BCUT2D eigenvalue weighted by Gasteiger charge is 2.36. The SMILES string of the molecule is CC(=O)N1c2cc(S(=O)(=O)N3CCN(C(c4ccccc4)c4ccc(Cl)cc4)CC3)c(Br)cc2CC1C. The summed E-state index contributed by atoms with van der Waals surface area (Å²) in [6, 6.07) is 21.6. The number of sulfonamides is 1. The summed E-state index contributed by atoms with van der Waals surface area (Å²) in [6.07, 6.45) is 0.706. The van der Waals surface area contributed by atoms with Gasteiger partial charge in [0.15, 0.2) is 0 Å². The number of amides is 1. The van der Waals surface area contributed by atoms with E-state index in [9.17, 15) is 13.2 Å². The molecular formula is C28H29BrClN3O3S.